The third kappa shape index (κ3) is 5.31. The SMILES string of the molecule is CCOC1CCC2N=C(Nc3ccc(-c4ccc(C(=O)[C@@H]5CCC[C@H]5C(=O)O)cc4)cc3)SC2C1. The molecule has 0 spiro atoms. The average Bonchev–Trinajstić information content (AvgIpc) is 3.51. The molecule has 0 amide bonds. The minimum atomic E-state index is -0.860. The van der Waals surface area contributed by atoms with Crippen molar-refractivity contribution < 1.29 is 19.4 Å². The Morgan fingerprint density at radius 2 is 1.69 bits per heavy atom. The Labute approximate surface area is 210 Å². The number of nitrogens with zero attached hydrogens (tertiary/aromatic N) is 1. The zero-order valence-electron chi connectivity index (χ0n) is 20.0. The molecule has 1 aliphatic heterocycles. The number of rotatable bonds is 7. The number of amidine groups is 1. The van der Waals surface area contributed by atoms with Gasteiger partial charge < -0.3 is 15.2 Å². The molecule has 1 heterocycles. The number of hydrogen-bond donors (Lipinski definition) is 2. The standard InChI is InChI=1S/C28H32N2O4S/c1-2-34-21-14-15-24-25(16-21)35-28(30-24)29-20-12-10-18(11-13-20)17-6-8-19(9-7-17)26(31)22-4-3-5-23(22)27(32)33/h6-13,21-25H,2-5,14-16H2,1H3,(H,29,30)(H,32,33)/t21?,22-,23-,24?,25?/m1/s1. The van der Waals surface area contributed by atoms with Crippen molar-refractivity contribution in [3.63, 3.8) is 0 Å². The van der Waals surface area contributed by atoms with E-state index in [-0.39, 0.29) is 5.78 Å². The lowest BCUT2D eigenvalue weighted by molar-refractivity contribution is -0.142. The van der Waals surface area contributed by atoms with Gasteiger partial charge in [0.2, 0.25) is 0 Å². The monoisotopic (exact) mass is 492 g/mol. The van der Waals surface area contributed by atoms with E-state index in [1.54, 1.807) is 0 Å². The van der Waals surface area contributed by atoms with Crippen LogP contribution in [0, 0.1) is 11.8 Å². The minimum Gasteiger partial charge on any atom is -0.481 e. The number of fused-ring (bicyclic) bond motifs is 1. The number of thioether (sulfide) groups is 1. The van der Waals surface area contributed by atoms with E-state index in [1.165, 1.54) is 0 Å². The molecule has 3 aliphatic rings. The second-order valence-electron chi connectivity index (χ2n) is 9.67. The Bertz CT molecular complexity index is 1100. The molecule has 2 aliphatic carbocycles. The van der Waals surface area contributed by atoms with E-state index in [0.717, 1.165) is 54.3 Å². The number of carboxylic acid groups (broad SMARTS) is 1. The number of nitrogens with one attached hydrogen (secondary N) is 1. The van der Waals surface area contributed by atoms with Gasteiger partial charge in [0.05, 0.1) is 18.1 Å². The van der Waals surface area contributed by atoms with Crippen molar-refractivity contribution in [2.75, 3.05) is 11.9 Å². The van der Waals surface area contributed by atoms with E-state index in [9.17, 15) is 14.7 Å². The number of Topliss-reactive ketones (excluding diaryl/α,β-unsaturated/α-hetero) is 1. The van der Waals surface area contributed by atoms with Gasteiger partial charge in [0, 0.05) is 29.0 Å². The van der Waals surface area contributed by atoms with Gasteiger partial charge in [-0.25, -0.2) is 0 Å². The van der Waals surface area contributed by atoms with E-state index in [1.807, 2.05) is 36.0 Å². The van der Waals surface area contributed by atoms with Crippen molar-refractivity contribution in [3.8, 4) is 11.1 Å². The van der Waals surface area contributed by atoms with E-state index in [0.29, 0.717) is 35.8 Å². The highest BCUT2D eigenvalue weighted by Crippen LogP contribution is 2.39. The van der Waals surface area contributed by atoms with Gasteiger partial charge in [-0.1, -0.05) is 54.6 Å². The average molecular weight is 493 g/mol. The van der Waals surface area contributed by atoms with Crippen LogP contribution in [0.1, 0.15) is 55.8 Å². The summed E-state index contributed by atoms with van der Waals surface area (Å²) in [4.78, 5) is 29.2. The molecule has 6 nitrogen and oxygen atoms in total. The number of carbonyl (C=O) groups excluding carboxylic acids is 1. The number of hydrogen-bond acceptors (Lipinski definition) is 6. The molecule has 3 unspecified atom stereocenters. The number of ketones is 1. The van der Waals surface area contributed by atoms with Crippen molar-refractivity contribution in [2.24, 2.45) is 16.8 Å². The Balaban J connectivity index is 1.20. The fourth-order valence-electron chi connectivity index (χ4n) is 5.60. The van der Waals surface area contributed by atoms with Crippen molar-refractivity contribution in [1.82, 2.24) is 0 Å². The molecule has 2 fully saturated rings. The number of aliphatic imine (C=N–C) groups is 1. The fourth-order valence-corrected chi connectivity index (χ4v) is 6.93. The number of benzene rings is 2. The van der Waals surface area contributed by atoms with E-state index >= 15 is 0 Å². The van der Waals surface area contributed by atoms with Gasteiger partial charge in [0.25, 0.3) is 0 Å². The molecule has 7 heteroatoms. The van der Waals surface area contributed by atoms with Gasteiger partial charge in [0.1, 0.15) is 0 Å². The van der Waals surface area contributed by atoms with Crippen LogP contribution in [0.2, 0.25) is 0 Å². The molecular formula is C28H32N2O4S. The third-order valence-corrected chi connectivity index (χ3v) is 8.71. The van der Waals surface area contributed by atoms with Crippen LogP contribution in [0.3, 0.4) is 0 Å². The zero-order chi connectivity index (χ0) is 24.4. The van der Waals surface area contributed by atoms with E-state index in [4.69, 9.17) is 9.73 Å². The molecule has 35 heavy (non-hydrogen) atoms. The predicted octanol–water partition coefficient (Wildman–Crippen LogP) is 5.88. The Kier molecular flexibility index (Phi) is 7.25. The van der Waals surface area contributed by atoms with Gasteiger partial charge in [-0.15, -0.1) is 0 Å². The quantitative estimate of drug-likeness (QED) is 0.470. The summed E-state index contributed by atoms with van der Waals surface area (Å²) in [7, 11) is 0. The van der Waals surface area contributed by atoms with E-state index < -0.39 is 17.8 Å². The Hall–Kier alpha value is -2.64. The fraction of sp³-hybridized carbons (Fsp3) is 0.464. The summed E-state index contributed by atoms with van der Waals surface area (Å²) in [6.07, 6.45) is 5.64. The topological polar surface area (TPSA) is 88.0 Å². The summed E-state index contributed by atoms with van der Waals surface area (Å²) < 4.78 is 5.83. The lowest BCUT2D eigenvalue weighted by Crippen LogP contribution is -2.32. The third-order valence-electron chi connectivity index (χ3n) is 7.47. The number of ether oxygens (including phenoxy) is 1. The molecule has 5 atom stereocenters. The number of anilines is 1. The van der Waals surface area contributed by atoms with Gasteiger partial charge in [-0.3, -0.25) is 14.6 Å². The minimum absolute atomic E-state index is 0.0519. The van der Waals surface area contributed by atoms with E-state index in [2.05, 4.69) is 36.5 Å². The second-order valence-corrected chi connectivity index (χ2v) is 10.9. The molecular weight excluding hydrogens is 460 g/mol. The largest absolute Gasteiger partial charge is 0.481 e. The maximum absolute atomic E-state index is 12.9. The Morgan fingerprint density at radius 1 is 1.00 bits per heavy atom. The molecule has 2 aromatic rings. The van der Waals surface area contributed by atoms with Crippen molar-refractivity contribution in [3.05, 3.63) is 54.1 Å². The molecule has 0 aromatic heterocycles. The van der Waals surface area contributed by atoms with Crippen molar-refractivity contribution >= 4 is 34.4 Å². The molecule has 5 rings (SSSR count). The molecule has 0 bridgehead atoms. The first-order chi connectivity index (χ1) is 17.0. The maximum Gasteiger partial charge on any atom is 0.307 e. The normalized spacial score (nSPS) is 27.8. The molecule has 0 saturated heterocycles. The smallest absolute Gasteiger partial charge is 0.307 e. The van der Waals surface area contributed by atoms with Crippen LogP contribution in [0.4, 0.5) is 5.69 Å². The summed E-state index contributed by atoms with van der Waals surface area (Å²) in [5, 5.41) is 14.4. The highest BCUT2D eigenvalue weighted by Gasteiger charge is 2.38. The highest BCUT2D eigenvalue weighted by atomic mass is 32.2. The first kappa shape index (κ1) is 24.1. The summed E-state index contributed by atoms with van der Waals surface area (Å²) in [6.45, 7) is 2.83. The van der Waals surface area contributed by atoms with Crippen molar-refractivity contribution in [1.29, 1.82) is 0 Å². The Morgan fingerprint density at radius 3 is 2.37 bits per heavy atom. The van der Waals surface area contributed by atoms with Crippen LogP contribution in [0.5, 0.6) is 0 Å². The molecule has 2 N–H and O–H groups in total. The number of aliphatic carboxylic acids is 1. The highest BCUT2D eigenvalue weighted by molar-refractivity contribution is 8.15. The van der Waals surface area contributed by atoms with Crippen LogP contribution in [0.15, 0.2) is 53.5 Å². The van der Waals surface area contributed by atoms with Gasteiger partial charge in [0.15, 0.2) is 11.0 Å². The van der Waals surface area contributed by atoms with Crippen LogP contribution < -0.4 is 5.32 Å². The lowest BCUT2D eigenvalue weighted by atomic mass is 9.88. The number of carbonyl (C=O) groups is 2. The van der Waals surface area contributed by atoms with Crippen LogP contribution >= 0.6 is 11.8 Å². The van der Waals surface area contributed by atoms with Crippen molar-refractivity contribution in [2.45, 2.75) is 62.8 Å². The summed E-state index contributed by atoms with van der Waals surface area (Å²) >= 11 is 1.83. The predicted molar refractivity (Wildman–Crippen MR) is 140 cm³/mol. The van der Waals surface area contributed by atoms with Gasteiger partial charge in [-0.2, -0.15) is 0 Å². The first-order valence-corrected chi connectivity index (χ1v) is 13.5. The van der Waals surface area contributed by atoms with Gasteiger partial charge >= 0.3 is 5.97 Å². The van der Waals surface area contributed by atoms with Crippen LogP contribution in [0.25, 0.3) is 11.1 Å². The molecule has 2 aromatic carbocycles. The van der Waals surface area contributed by atoms with Crippen LogP contribution in [-0.4, -0.2) is 46.0 Å². The molecule has 0 radical (unpaired) electrons. The molecule has 184 valence electrons. The van der Waals surface area contributed by atoms with Crippen LogP contribution in [-0.2, 0) is 9.53 Å². The summed E-state index contributed by atoms with van der Waals surface area (Å²) in [6, 6.07) is 16.1. The lowest BCUT2D eigenvalue weighted by Gasteiger charge is -2.29. The first-order valence-electron chi connectivity index (χ1n) is 12.6. The maximum atomic E-state index is 12.9. The number of carboxylic acids is 1. The second kappa shape index (κ2) is 10.5. The molecule has 2 saturated carbocycles. The summed E-state index contributed by atoms with van der Waals surface area (Å²) in [5.41, 5.74) is 3.69. The summed E-state index contributed by atoms with van der Waals surface area (Å²) in [5.74, 6) is -1.88. The van der Waals surface area contributed by atoms with Gasteiger partial charge in [-0.05, 0) is 62.3 Å². The zero-order valence-corrected chi connectivity index (χ0v) is 20.8.